The van der Waals surface area contributed by atoms with Gasteiger partial charge in [-0.25, -0.2) is 0 Å². The molecule has 1 atom stereocenters. The molecule has 1 rings (SSSR count). The van der Waals surface area contributed by atoms with Crippen LogP contribution in [0.5, 0.6) is 11.5 Å². The summed E-state index contributed by atoms with van der Waals surface area (Å²) >= 11 is 0. The molecule has 0 saturated carbocycles. The average Bonchev–Trinajstić information content (AvgIpc) is 2.37. The lowest BCUT2D eigenvalue weighted by molar-refractivity contribution is 0.207. The first-order valence-electron chi connectivity index (χ1n) is 6.74. The molecule has 0 aliphatic carbocycles. The fourth-order valence-electron chi connectivity index (χ4n) is 2.27. The molecule has 0 saturated heterocycles. The van der Waals surface area contributed by atoms with Crippen LogP contribution in [0.1, 0.15) is 45.2 Å². The predicted molar refractivity (Wildman–Crippen MR) is 75.2 cm³/mol. The molecular formula is C15H25NO2. The molecule has 18 heavy (non-hydrogen) atoms. The van der Waals surface area contributed by atoms with Crippen LogP contribution in [0.4, 0.5) is 0 Å². The number of ether oxygens (including phenoxy) is 1. The summed E-state index contributed by atoms with van der Waals surface area (Å²) in [7, 11) is 1.61. The lowest BCUT2D eigenvalue weighted by Gasteiger charge is -2.29. The molecule has 0 fully saturated rings. The summed E-state index contributed by atoms with van der Waals surface area (Å²) in [5, 5.41) is 10.1. The Morgan fingerprint density at radius 2 is 1.83 bits per heavy atom. The van der Waals surface area contributed by atoms with Crippen LogP contribution in [0.2, 0.25) is 0 Å². The second kappa shape index (κ2) is 7.27. The number of hydrogen-bond acceptors (Lipinski definition) is 3. The highest BCUT2D eigenvalue weighted by molar-refractivity contribution is 5.41. The number of phenolic OH excluding ortho intramolecular Hbond substituents is 1. The Balaban J connectivity index is 2.89. The van der Waals surface area contributed by atoms with E-state index in [-0.39, 0.29) is 6.04 Å². The minimum Gasteiger partial charge on any atom is -0.507 e. The van der Waals surface area contributed by atoms with E-state index in [4.69, 9.17) is 4.74 Å². The Hall–Kier alpha value is -1.22. The van der Waals surface area contributed by atoms with Crippen molar-refractivity contribution in [1.82, 2.24) is 4.90 Å². The topological polar surface area (TPSA) is 32.7 Å². The van der Waals surface area contributed by atoms with Crippen molar-refractivity contribution in [2.45, 2.75) is 39.7 Å². The SMILES string of the molecule is CCCN(CCC)C(C)c1ccc(OC)cc1O. The first-order chi connectivity index (χ1) is 8.63. The molecule has 0 radical (unpaired) electrons. The van der Waals surface area contributed by atoms with Gasteiger partial charge in [0.15, 0.2) is 0 Å². The van der Waals surface area contributed by atoms with Gasteiger partial charge in [-0.15, -0.1) is 0 Å². The lowest BCUT2D eigenvalue weighted by atomic mass is 10.0. The summed E-state index contributed by atoms with van der Waals surface area (Å²) in [5.41, 5.74) is 0.970. The van der Waals surface area contributed by atoms with Gasteiger partial charge in [-0.3, -0.25) is 4.90 Å². The maximum absolute atomic E-state index is 10.1. The molecule has 1 N–H and O–H groups in total. The minimum atomic E-state index is 0.232. The van der Waals surface area contributed by atoms with Gasteiger partial charge >= 0.3 is 0 Å². The molecule has 1 unspecified atom stereocenters. The van der Waals surface area contributed by atoms with E-state index in [2.05, 4.69) is 25.7 Å². The van der Waals surface area contributed by atoms with Gasteiger partial charge in [0.25, 0.3) is 0 Å². The zero-order valence-corrected chi connectivity index (χ0v) is 11.9. The highest BCUT2D eigenvalue weighted by Crippen LogP contribution is 2.31. The van der Waals surface area contributed by atoms with Crippen molar-refractivity contribution in [1.29, 1.82) is 0 Å². The second-order valence-electron chi connectivity index (χ2n) is 4.64. The van der Waals surface area contributed by atoms with Gasteiger partial charge in [0.05, 0.1) is 7.11 Å². The van der Waals surface area contributed by atoms with Crippen molar-refractivity contribution < 1.29 is 9.84 Å². The van der Waals surface area contributed by atoms with E-state index in [9.17, 15) is 5.11 Å². The summed E-state index contributed by atoms with van der Waals surface area (Å²) < 4.78 is 5.11. The third-order valence-electron chi connectivity index (χ3n) is 3.26. The molecule has 0 aliphatic heterocycles. The average molecular weight is 251 g/mol. The van der Waals surface area contributed by atoms with Crippen molar-refractivity contribution in [2.24, 2.45) is 0 Å². The highest BCUT2D eigenvalue weighted by Gasteiger charge is 2.17. The van der Waals surface area contributed by atoms with Crippen LogP contribution in [0.25, 0.3) is 0 Å². The van der Waals surface area contributed by atoms with E-state index in [0.29, 0.717) is 11.5 Å². The minimum absolute atomic E-state index is 0.232. The quantitative estimate of drug-likeness (QED) is 0.804. The molecule has 0 heterocycles. The summed E-state index contributed by atoms with van der Waals surface area (Å²) in [6.07, 6.45) is 2.25. The maximum atomic E-state index is 10.1. The van der Waals surface area contributed by atoms with Gasteiger partial charge in [-0.2, -0.15) is 0 Å². The molecule has 0 bridgehead atoms. The van der Waals surface area contributed by atoms with Crippen molar-refractivity contribution in [3.05, 3.63) is 23.8 Å². The maximum Gasteiger partial charge on any atom is 0.124 e. The van der Waals surface area contributed by atoms with Gasteiger partial charge in [0.2, 0.25) is 0 Å². The smallest absolute Gasteiger partial charge is 0.124 e. The van der Waals surface area contributed by atoms with Crippen molar-refractivity contribution >= 4 is 0 Å². The molecule has 0 spiro atoms. The van der Waals surface area contributed by atoms with Gasteiger partial charge in [-0.05, 0) is 38.9 Å². The second-order valence-corrected chi connectivity index (χ2v) is 4.64. The fraction of sp³-hybridized carbons (Fsp3) is 0.600. The summed E-state index contributed by atoms with van der Waals surface area (Å²) in [6.45, 7) is 8.63. The summed E-state index contributed by atoms with van der Waals surface area (Å²) in [4.78, 5) is 2.40. The number of rotatable bonds is 7. The molecule has 1 aromatic rings. The monoisotopic (exact) mass is 251 g/mol. The van der Waals surface area contributed by atoms with Gasteiger partial charge in [0.1, 0.15) is 11.5 Å². The van der Waals surface area contributed by atoms with Crippen molar-refractivity contribution in [2.75, 3.05) is 20.2 Å². The normalized spacial score (nSPS) is 12.7. The molecule has 0 aromatic heterocycles. The van der Waals surface area contributed by atoms with E-state index in [1.54, 1.807) is 13.2 Å². The van der Waals surface area contributed by atoms with Gasteiger partial charge in [-0.1, -0.05) is 19.9 Å². The van der Waals surface area contributed by atoms with E-state index in [1.807, 2.05) is 12.1 Å². The summed E-state index contributed by atoms with van der Waals surface area (Å²) in [6, 6.07) is 5.77. The lowest BCUT2D eigenvalue weighted by Crippen LogP contribution is -2.28. The van der Waals surface area contributed by atoms with E-state index < -0.39 is 0 Å². The Kier molecular flexibility index (Phi) is 5.99. The molecule has 0 amide bonds. The van der Waals surface area contributed by atoms with Crippen LogP contribution in [0, 0.1) is 0 Å². The third kappa shape index (κ3) is 3.64. The largest absolute Gasteiger partial charge is 0.507 e. The Bertz CT molecular complexity index is 360. The first-order valence-corrected chi connectivity index (χ1v) is 6.74. The third-order valence-corrected chi connectivity index (χ3v) is 3.26. The Labute approximate surface area is 110 Å². The Morgan fingerprint density at radius 3 is 2.28 bits per heavy atom. The van der Waals surface area contributed by atoms with Crippen molar-refractivity contribution in [3.63, 3.8) is 0 Å². The summed E-state index contributed by atoms with van der Waals surface area (Å²) in [5.74, 6) is 1.01. The molecule has 1 aromatic carbocycles. The van der Waals surface area contributed by atoms with E-state index in [1.165, 1.54) is 0 Å². The molecular weight excluding hydrogens is 226 g/mol. The van der Waals surface area contributed by atoms with Crippen LogP contribution < -0.4 is 4.74 Å². The van der Waals surface area contributed by atoms with Gasteiger partial charge in [0, 0.05) is 17.7 Å². The number of aromatic hydroxyl groups is 1. The van der Waals surface area contributed by atoms with Crippen LogP contribution >= 0.6 is 0 Å². The van der Waals surface area contributed by atoms with E-state index in [0.717, 1.165) is 31.5 Å². The number of nitrogens with zero attached hydrogens (tertiary/aromatic N) is 1. The number of methoxy groups -OCH3 is 1. The number of benzene rings is 1. The Morgan fingerprint density at radius 1 is 1.22 bits per heavy atom. The zero-order valence-electron chi connectivity index (χ0n) is 11.9. The fourth-order valence-corrected chi connectivity index (χ4v) is 2.27. The first kappa shape index (κ1) is 14.8. The van der Waals surface area contributed by atoms with Crippen LogP contribution in [-0.2, 0) is 0 Å². The molecule has 3 nitrogen and oxygen atoms in total. The standard InChI is InChI=1S/C15H25NO2/c1-5-9-16(10-6-2)12(3)14-8-7-13(18-4)11-15(14)17/h7-8,11-12,17H,5-6,9-10H2,1-4H3. The van der Waals surface area contributed by atoms with Crippen LogP contribution in [-0.4, -0.2) is 30.2 Å². The molecule has 102 valence electrons. The van der Waals surface area contributed by atoms with Crippen LogP contribution in [0.3, 0.4) is 0 Å². The molecule has 0 aliphatic rings. The number of phenols is 1. The van der Waals surface area contributed by atoms with Crippen molar-refractivity contribution in [3.8, 4) is 11.5 Å². The van der Waals surface area contributed by atoms with E-state index >= 15 is 0 Å². The van der Waals surface area contributed by atoms with Gasteiger partial charge < -0.3 is 9.84 Å². The predicted octanol–water partition coefficient (Wildman–Crippen LogP) is 3.58. The highest BCUT2D eigenvalue weighted by atomic mass is 16.5. The number of hydrogen-bond donors (Lipinski definition) is 1. The van der Waals surface area contributed by atoms with Crippen LogP contribution in [0.15, 0.2) is 18.2 Å². The zero-order chi connectivity index (χ0) is 13.5. The molecule has 3 heteroatoms.